The van der Waals surface area contributed by atoms with E-state index in [1.165, 1.54) is 12.5 Å². The maximum absolute atomic E-state index is 12.7. The van der Waals surface area contributed by atoms with Gasteiger partial charge in [-0.2, -0.15) is 4.98 Å². The molecule has 2 aromatic heterocycles. The van der Waals surface area contributed by atoms with Crippen LogP contribution in [0.5, 0.6) is 0 Å². The predicted molar refractivity (Wildman–Crippen MR) is 112 cm³/mol. The normalized spacial score (nSPS) is 15.5. The lowest BCUT2D eigenvalue weighted by Crippen LogP contribution is -2.43. The number of furan rings is 1. The van der Waals surface area contributed by atoms with Crippen LogP contribution in [-0.4, -0.2) is 57.9 Å². The van der Waals surface area contributed by atoms with Crippen LogP contribution < -0.4 is 11.0 Å². The second-order valence-corrected chi connectivity index (χ2v) is 7.41. The Morgan fingerprint density at radius 2 is 2.16 bits per heavy atom. The fourth-order valence-electron chi connectivity index (χ4n) is 3.70. The molecule has 2 aromatic rings. The molecule has 0 radical (unpaired) electrons. The Hall–Kier alpha value is -3.43. The number of hydrogen-bond acceptors (Lipinski definition) is 6. The molecule has 1 saturated heterocycles. The van der Waals surface area contributed by atoms with E-state index in [9.17, 15) is 14.4 Å². The number of hydrogen-bond donors (Lipinski definition) is 3. The van der Waals surface area contributed by atoms with Gasteiger partial charge in [-0.15, -0.1) is 0 Å². The van der Waals surface area contributed by atoms with E-state index >= 15 is 0 Å². The van der Waals surface area contributed by atoms with Gasteiger partial charge in [-0.3, -0.25) is 14.4 Å². The summed E-state index contributed by atoms with van der Waals surface area (Å²) in [5.41, 5.74) is 2.51. The second kappa shape index (κ2) is 11.7. The molecule has 3 N–H and O–H groups in total. The Morgan fingerprint density at radius 3 is 2.81 bits per heavy atom. The Morgan fingerprint density at radius 1 is 1.42 bits per heavy atom. The van der Waals surface area contributed by atoms with E-state index in [1.54, 1.807) is 13.0 Å². The van der Waals surface area contributed by atoms with E-state index in [0.717, 1.165) is 30.6 Å². The van der Waals surface area contributed by atoms with E-state index < -0.39 is 0 Å². The van der Waals surface area contributed by atoms with Gasteiger partial charge in [-0.1, -0.05) is 0 Å². The Balaban J connectivity index is 0.00000107. The molecule has 0 aliphatic carbocycles. The summed E-state index contributed by atoms with van der Waals surface area (Å²) in [6.45, 7) is 5.30. The van der Waals surface area contributed by atoms with Crippen LogP contribution in [0.4, 0.5) is 0 Å². The number of nitrogens with one attached hydrogen (secondary N) is 2. The Kier molecular flexibility index (Phi) is 8.98. The predicted octanol–water partition coefficient (Wildman–Crippen LogP) is 1.28. The van der Waals surface area contributed by atoms with Gasteiger partial charge in [-0.25, -0.2) is 4.79 Å². The minimum Gasteiger partial charge on any atom is -0.483 e. The summed E-state index contributed by atoms with van der Waals surface area (Å²) in [7, 11) is 0. The van der Waals surface area contributed by atoms with Crippen molar-refractivity contribution in [1.29, 1.82) is 0 Å². The third-order valence-electron chi connectivity index (χ3n) is 5.25. The molecule has 31 heavy (non-hydrogen) atoms. The van der Waals surface area contributed by atoms with E-state index in [4.69, 9.17) is 14.3 Å². The van der Waals surface area contributed by atoms with Gasteiger partial charge in [0.2, 0.25) is 5.91 Å². The highest BCUT2D eigenvalue weighted by Crippen LogP contribution is 2.18. The van der Waals surface area contributed by atoms with E-state index in [0.29, 0.717) is 37.2 Å². The van der Waals surface area contributed by atoms with Crippen LogP contribution in [0.2, 0.25) is 0 Å². The molecule has 3 rings (SSSR count). The van der Waals surface area contributed by atoms with Crippen molar-refractivity contribution in [2.24, 2.45) is 5.92 Å². The highest BCUT2D eigenvalue weighted by atomic mass is 16.3. The molecule has 0 saturated carbocycles. The number of amides is 2. The Labute approximate surface area is 179 Å². The van der Waals surface area contributed by atoms with Crippen LogP contribution in [0.3, 0.4) is 0 Å². The monoisotopic (exact) mass is 432 g/mol. The lowest BCUT2D eigenvalue weighted by Gasteiger charge is -2.33. The highest BCUT2D eigenvalue weighted by Gasteiger charge is 2.24. The number of carbonyl (C=O) groups is 3. The molecular weight excluding hydrogens is 404 g/mol. The molecule has 2 amide bonds. The zero-order valence-electron chi connectivity index (χ0n) is 17.7. The molecule has 1 aliphatic rings. The Bertz CT molecular complexity index is 912. The second-order valence-electron chi connectivity index (χ2n) is 7.41. The number of piperidine rings is 1. The quantitative estimate of drug-likeness (QED) is 0.583. The van der Waals surface area contributed by atoms with Gasteiger partial charge in [0.25, 0.3) is 12.4 Å². The number of carbonyl (C=O) groups excluding carboxylic acids is 2. The van der Waals surface area contributed by atoms with Crippen molar-refractivity contribution in [2.45, 2.75) is 39.5 Å². The molecular formula is C21H28N4O6. The number of carboxylic acid groups (broad SMARTS) is 1. The summed E-state index contributed by atoms with van der Waals surface area (Å²) >= 11 is 0. The molecule has 1 fully saturated rings. The van der Waals surface area contributed by atoms with Crippen molar-refractivity contribution in [3.8, 4) is 0 Å². The van der Waals surface area contributed by atoms with Crippen LogP contribution in [0.15, 0.2) is 27.8 Å². The smallest absolute Gasteiger partial charge is 0.345 e. The highest BCUT2D eigenvalue weighted by molar-refractivity contribution is 5.93. The van der Waals surface area contributed by atoms with Gasteiger partial charge < -0.3 is 24.7 Å². The van der Waals surface area contributed by atoms with Crippen molar-refractivity contribution < 1.29 is 23.9 Å². The average Bonchev–Trinajstić information content (AvgIpc) is 3.27. The number of aromatic nitrogens is 2. The SMILES string of the molecule is Cc1nc(=O)[nH]c(C)c1CCC(=O)N1CCCC(CNC(=O)c2ccoc2)C1.O=CO. The van der Waals surface area contributed by atoms with Crippen LogP contribution in [0.25, 0.3) is 0 Å². The number of aryl methyl sites for hydroxylation is 2. The molecule has 0 spiro atoms. The average molecular weight is 432 g/mol. The summed E-state index contributed by atoms with van der Waals surface area (Å²) in [6.07, 6.45) is 5.73. The third kappa shape index (κ3) is 7.09. The van der Waals surface area contributed by atoms with Crippen molar-refractivity contribution >= 4 is 18.3 Å². The number of H-pyrrole nitrogens is 1. The minimum atomic E-state index is -0.360. The number of aromatic amines is 1. The van der Waals surface area contributed by atoms with Gasteiger partial charge in [0.15, 0.2) is 0 Å². The summed E-state index contributed by atoms with van der Waals surface area (Å²) < 4.78 is 4.92. The summed E-state index contributed by atoms with van der Waals surface area (Å²) in [5.74, 6) is 0.177. The van der Waals surface area contributed by atoms with Gasteiger partial charge in [0.05, 0.1) is 11.8 Å². The summed E-state index contributed by atoms with van der Waals surface area (Å²) in [4.78, 5) is 52.9. The van der Waals surface area contributed by atoms with Gasteiger partial charge in [-0.05, 0) is 50.7 Å². The first kappa shape index (κ1) is 23.8. The van der Waals surface area contributed by atoms with Gasteiger partial charge in [0, 0.05) is 37.4 Å². The molecule has 0 bridgehead atoms. The lowest BCUT2D eigenvalue weighted by atomic mass is 9.97. The zero-order valence-corrected chi connectivity index (χ0v) is 17.7. The number of rotatable bonds is 6. The minimum absolute atomic E-state index is 0.0934. The van der Waals surface area contributed by atoms with Crippen LogP contribution in [0, 0.1) is 19.8 Å². The van der Waals surface area contributed by atoms with Crippen LogP contribution in [-0.2, 0) is 16.0 Å². The van der Waals surface area contributed by atoms with Gasteiger partial charge >= 0.3 is 5.69 Å². The summed E-state index contributed by atoms with van der Waals surface area (Å²) in [6, 6.07) is 1.63. The third-order valence-corrected chi connectivity index (χ3v) is 5.25. The number of nitrogens with zero attached hydrogens (tertiary/aromatic N) is 2. The first-order chi connectivity index (χ1) is 14.8. The fourth-order valence-corrected chi connectivity index (χ4v) is 3.70. The molecule has 1 unspecified atom stereocenters. The lowest BCUT2D eigenvalue weighted by molar-refractivity contribution is -0.133. The van der Waals surface area contributed by atoms with E-state index in [-0.39, 0.29) is 29.9 Å². The van der Waals surface area contributed by atoms with Gasteiger partial charge in [0.1, 0.15) is 6.26 Å². The van der Waals surface area contributed by atoms with Crippen molar-refractivity contribution in [3.05, 3.63) is 51.6 Å². The maximum atomic E-state index is 12.7. The molecule has 3 heterocycles. The molecule has 10 nitrogen and oxygen atoms in total. The molecule has 10 heteroatoms. The molecule has 1 aliphatic heterocycles. The van der Waals surface area contributed by atoms with E-state index in [1.807, 2.05) is 11.8 Å². The van der Waals surface area contributed by atoms with Crippen molar-refractivity contribution in [3.63, 3.8) is 0 Å². The summed E-state index contributed by atoms with van der Waals surface area (Å²) in [5, 5.41) is 9.80. The molecule has 0 aromatic carbocycles. The largest absolute Gasteiger partial charge is 0.483 e. The first-order valence-electron chi connectivity index (χ1n) is 10.1. The maximum Gasteiger partial charge on any atom is 0.345 e. The first-order valence-corrected chi connectivity index (χ1v) is 10.1. The topological polar surface area (TPSA) is 146 Å². The van der Waals surface area contributed by atoms with E-state index in [2.05, 4.69) is 15.3 Å². The molecule has 168 valence electrons. The fraction of sp³-hybridized carbons (Fsp3) is 0.476. The van der Waals surface area contributed by atoms with Crippen molar-refractivity contribution in [2.75, 3.05) is 19.6 Å². The zero-order chi connectivity index (χ0) is 22.8. The van der Waals surface area contributed by atoms with Crippen LogP contribution in [0.1, 0.15) is 46.6 Å². The van der Waals surface area contributed by atoms with Crippen LogP contribution >= 0.6 is 0 Å². The van der Waals surface area contributed by atoms with Crippen molar-refractivity contribution in [1.82, 2.24) is 20.2 Å². The standard InChI is InChI=1S/C20H26N4O4.CH2O2/c1-13-17(14(2)23-20(27)22-13)5-6-18(25)24-8-3-4-15(11-24)10-21-19(26)16-7-9-28-12-16;2-1-3/h7,9,12,15H,3-6,8,10-11H2,1-2H3,(H,21,26)(H,22,23,27);1H,(H,2,3). The number of likely N-dealkylation sites (tertiary alicyclic amines) is 1. The molecule has 1 atom stereocenters.